The molecule has 2 rings (SSSR count). The largest absolute Gasteiger partial charge is 0.357 e. The molecule has 0 saturated carbocycles. The van der Waals surface area contributed by atoms with Crippen molar-refractivity contribution in [2.45, 2.75) is 45.9 Å². The van der Waals surface area contributed by atoms with Gasteiger partial charge in [-0.25, -0.2) is 9.98 Å². The fraction of sp³-hybridized carbons (Fsp3) is 0.750. The van der Waals surface area contributed by atoms with Crippen molar-refractivity contribution >= 4 is 29.1 Å². The molecular formula is C16H28N4S2. The van der Waals surface area contributed by atoms with E-state index in [9.17, 15) is 0 Å². The maximum absolute atomic E-state index is 4.82. The van der Waals surface area contributed by atoms with Crippen LogP contribution in [0.3, 0.4) is 0 Å². The van der Waals surface area contributed by atoms with Crippen LogP contribution in [-0.2, 0) is 13.0 Å². The lowest BCUT2D eigenvalue weighted by atomic mass is 10.1. The highest BCUT2D eigenvalue weighted by atomic mass is 32.2. The smallest absolute Gasteiger partial charge is 0.194 e. The summed E-state index contributed by atoms with van der Waals surface area (Å²) in [6.07, 6.45) is 3.04. The van der Waals surface area contributed by atoms with E-state index in [-0.39, 0.29) is 0 Å². The molecule has 1 saturated heterocycles. The van der Waals surface area contributed by atoms with E-state index in [0.29, 0.717) is 17.7 Å². The third-order valence-electron chi connectivity index (χ3n) is 3.79. The Kier molecular flexibility index (Phi) is 7.02. The van der Waals surface area contributed by atoms with Crippen molar-refractivity contribution in [1.82, 2.24) is 15.2 Å². The molecule has 1 aromatic heterocycles. The number of rotatable bonds is 5. The molecule has 1 atom stereocenters. The van der Waals surface area contributed by atoms with Gasteiger partial charge in [0.15, 0.2) is 5.96 Å². The number of hydrogen-bond acceptors (Lipinski definition) is 4. The summed E-state index contributed by atoms with van der Waals surface area (Å²) >= 11 is 3.87. The number of hydrogen-bond donors (Lipinski definition) is 1. The minimum atomic E-state index is 0.684. The van der Waals surface area contributed by atoms with Crippen molar-refractivity contribution in [3.63, 3.8) is 0 Å². The van der Waals surface area contributed by atoms with E-state index < -0.39 is 0 Å². The van der Waals surface area contributed by atoms with E-state index in [1.165, 1.54) is 10.6 Å². The fourth-order valence-electron chi connectivity index (χ4n) is 2.42. The summed E-state index contributed by atoms with van der Waals surface area (Å²) in [5.74, 6) is 2.94. The van der Waals surface area contributed by atoms with Gasteiger partial charge in [0, 0.05) is 41.7 Å². The van der Waals surface area contributed by atoms with E-state index in [0.717, 1.165) is 37.0 Å². The topological polar surface area (TPSA) is 40.5 Å². The molecule has 4 nitrogen and oxygen atoms in total. The van der Waals surface area contributed by atoms with E-state index in [4.69, 9.17) is 4.99 Å². The molecule has 0 bridgehead atoms. The summed E-state index contributed by atoms with van der Waals surface area (Å²) in [6, 6.07) is 0. The summed E-state index contributed by atoms with van der Waals surface area (Å²) in [7, 11) is 0. The van der Waals surface area contributed by atoms with Gasteiger partial charge in [-0.3, -0.25) is 0 Å². The molecule has 0 spiro atoms. The summed E-state index contributed by atoms with van der Waals surface area (Å²) in [6.45, 7) is 12.7. The monoisotopic (exact) mass is 340 g/mol. The predicted octanol–water partition coefficient (Wildman–Crippen LogP) is 3.24. The van der Waals surface area contributed by atoms with Crippen LogP contribution in [0.2, 0.25) is 0 Å². The van der Waals surface area contributed by atoms with E-state index >= 15 is 0 Å². The molecule has 0 radical (unpaired) electrons. The molecule has 0 amide bonds. The average Bonchev–Trinajstić information content (AvgIpc) is 2.99. The predicted molar refractivity (Wildman–Crippen MR) is 99.0 cm³/mol. The first-order valence-electron chi connectivity index (χ1n) is 8.22. The Morgan fingerprint density at radius 1 is 1.50 bits per heavy atom. The van der Waals surface area contributed by atoms with Gasteiger partial charge in [0.1, 0.15) is 5.01 Å². The van der Waals surface area contributed by atoms with Gasteiger partial charge < -0.3 is 10.2 Å². The minimum Gasteiger partial charge on any atom is -0.357 e. The lowest BCUT2D eigenvalue weighted by Gasteiger charge is -2.36. The molecule has 0 aromatic carbocycles. The number of nitrogens with zero attached hydrogens (tertiary/aromatic N) is 3. The molecule has 1 fully saturated rings. The highest BCUT2D eigenvalue weighted by Gasteiger charge is 2.24. The van der Waals surface area contributed by atoms with Gasteiger partial charge in [0.2, 0.25) is 0 Å². The average molecular weight is 341 g/mol. The van der Waals surface area contributed by atoms with Gasteiger partial charge >= 0.3 is 0 Å². The zero-order chi connectivity index (χ0) is 15.9. The highest BCUT2D eigenvalue weighted by Crippen LogP contribution is 2.25. The molecule has 1 N–H and O–H groups in total. The fourth-order valence-corrected chi connectivity index (χ4v) is 4.51. The van der Waals surface area contributed by atoms with Gasteiger partial charge in [0.25, 0.3) is 0 Å². The second-order valence-corrected chi connectivity index (χ2v) is 8.39. The molecule has 1 aliphatic heterocycles. The molecule has 6 heteroatoms. The van der Waals surface area contributed by atoms with Crippen LogP contribution in [0.25, 0.3) is 0 Å². The molecular weight excluding hydrogens is 312 g/mol. The Bertz CT molecular complexity index is 484. The highest BCUT2D eigenvalue weighted by molar-refractivity contribution is 8.00. The lowest BCUT2D eigenvalue weighted by Crippen LogP contribution is -2.49. The zero-order valence-electron chi connectivity index (χ0n) is 14.1. The third-order valence-corrected chi connectivity index (χ3v) is 6.45. The molecule has 0 aliphatic carbocycles. The van der Waals surface area contributed by atoms with E-state index in [1.807, 2.05) is 6.20 Å². The van der Waals surface area contributed by atoms with Crippen LogP contribution in [0.5, 0.6) is 0 Å². The van der Waals surface area contributed by atoms with Gasteiger partial charge in [0.05, 0.1) is 6.54 Å². The first-order chi connectivity index (χ1) is 10.6. The summed E-state index contributed by atoms with van der Waals surface area (Å²) in [5, 5.41) is 5.25. The zero-order valence-corrected chi connectivity index (χ0v) is 15.8. The Morgan fingerprint density at radius 3 is 2.95 bits per heavy atom. The molecule has 1 aromatic rings. The summed E-state index contributed by atoms with van der Waals surface area (Å²) in [4.78, 5) is 13.0. The maximum atomic E-state index is 4.82. The van der Waals surface area contributed by atoms with E-state index in [2.05, 4.69) is 54.7 Å². The standard InChI is InChI=1S/C16H28N4S2/c1-5-13-9-18-15(22-13)10-19-16(17-6-2)20-7-8-21-14(11-20)12(3)4/h9,12,14H,5-8,10-11H2,1-4H3,(H,17,19). The first-order valence-corrected chi connectivity index (χ1v) is 10.1. The van der Waals surface area contributed by atoms with Gasteiger partial charge in [-0.2, -0.15) is 11.8 Å². The number of thiazole rings is 1. The maximum Gasteiger partial charge on any atom is 0.194 e. The van der Waals surface area contributed by atoms with Crippen molar-refractivity contribution in [3.8, 4) is 0 Å². The quantitative estimate of drug-likeness (QED) is 0.660. The van der Waals surface area contributed by atoms with Gasteiger partial charge in [-0.15, -0.1) is 11.3 Å². The van der Waals surface area contributed by atoms with Gasteiger partial charge in [-0.1, -0.05) is 20.8 Å². The van der Waals surface area contributed by atoms with E-state index in [1.54, 1.807) is 11.3 Å². The minimum absolute atomic E-state index is 0.684. The normalized spacial score (nSPS) is 19.8. The number of aryl methyl sites for hydroxylation is 1. The molecule has 1 aliphatic rings. The SMILES string of the molecule is CCNC(=NCc1ncc(CC)s1)N1CCSC(C(C)C)C1. The summed E-state index contributed by atoms with van der Waals surface area (Å²) < 4.78 is 0. The molecule has 1 unspecified atom stereocenters. The Hall–Kier alpha value is -0.750. The second kappa shape index (κ2) is 8.77. The number of guanidine groups is 1. The van der Waals surface area contributed by atoms with Crippen LogP contribution in [-0.4, -0.2) is 46.5 Å². The van der Waals surface area contributed by atoms with Crippen molar-refractivity contribution in [3.05, 3.63) is 16.1 Å². The van der Waals surface area contributed by atoms with Crippen LogP contribution in [0.15, 0.2) is 11.2 Å². The number of nitrogens with one attached hydrogen (secondary N) is 1. The molecule has 22 heavy (non-hydrogen) atoms. The van der Waals surface area contributed by atoms with Crippen molar-refractivity contribution in [1.29, 1.82) is 0 Å². The van der Waals surface area contributed by atoms with Gasteiger partial charge in [-0.05, 0) is 19.3 Å². The Morgan fingerprint density at radius 2 is 2.32 bits per heavy atom. The van der Waals surface area contributed by atoms with Crippen LogP contribution in [0, 0.1) is 5.92 Å². The third kappa shape index (κ3) is 4.88. The molecule has 124 valence electrons. The first kappa shape index (κ1) is 17.6. The Labute approximate surface area is 142 Å². The number of thioether (sulfide) groups is 1. The Balaban J connectivity index is 2.02. The van der Waals surface area contributed by atoms with Crippen LogP contribution in [0.1, 0.15) is 37.6 Å². The summed E-state index contributed by atoms with van der Waals surface area (Å²) in [5.41, 5.74) is 0. The molecule has 2 heterocycles. The second-order valence-electron chi connectivity index (χ2n) is 5.84. The number of aliphatic imine (C=N–C) groups is 1. The van der Waals surface area contributed by atoms with Crippen molar-refractivity contribution in [2.24, 2.45) is 10.9 Å². The van der Waals surface area contributed by atoms with Crippen LogP contribution < -0.4 is 5.32 Å². The van der Waals surface area contributed by atoms with Crippen LogP contribution >= 0.6 is 23.1 Å². The lowest BCUT2D eigenvalue weighted by molar-refractivity contribution is 0.381. The number of aromatic nitrogens is 1. The van der Waals surface area contributed by atoms with Crippen LogP contribution in [0.4, 0.5) is 0 Å². The van der Waals surface area contributed by atoms with Crippen molar-refractivity contribution < 1.29 is 0 Å². The van der Waals surface area contributed by atoms with Crippen molar-refractivity contribution in [2.75, 3.05) is 25.4 Å².